The molecule has 5 heteroatoms. The van der Waals surface area contributed by atoms with E-state index in [1.54, 1.807) is 0 Å². The summed E-state index contributed by atoms with van der Waals surface area (Å²) in [7, 11) is 0. The van der Waals surface area contributed by atoms with E-state index in [2.05, 4.69) is 27.0 Å². The standard InChI is InChI=1S/C14H22N4O/c19-16-12-5-8-17(9-6-12)11-13-7-10-18(15-13)14-3-1-2-4-14/h7,10,14,19H,1-6,8-9,11H2. The Labute approximate surface area is 113 Å². The van der Waals surface area contributed by atoms with Gasteiger partial charge < -0.3 is 5.21 Å². The van der Waals surface area contributed by atoms with Crippen LogP contribution in [0.15, 0.2) is 17.4 Å². The number of hydrogen-bond donors (Lipinski definition) is 1. The van der Waals surface area contributed by atoms with Crippen molar-refractivity contribution in [1.82, 2.24) is 14.7 Å². The second-order valence-electron chi connectivity index (χ2n) is 5.67. The van der Waals surface area contributed by atoms with E-state index in [0.29, 0.717) is 6.04 Å². The van der Waals surface area contributed by atoms with Gasteiger partial charge in [-0.05, 0) is 18.9 Å². The van der Waals surface area contributed by atoms with Crippen LogP contribution < -0.4 is 0 Å². The average molecular weight is 262 g/mol. The number of rotatable bonds is 3. The molecule has 0 aromatic carbocycles. The molecule has 2 aliphatic rings. The maximum absolute atomic E-state index is 8.75. The number of nitrogens with zero attached hydrogens (tertiary/aromatic N) is 4. The Morgan fingerprint density at radius 2 is 2.00 bits per heavy atom. The largest absolute Gasteiger partial charge is 0.411 e. The molecule has 0 spiro atoms. The van der Waals surface area contributed by atoms with Gasteiger partial charge in [-0.2, -0.15) is 5.10 Å². The molecule has 1 saturated carbocycles. The van der Waals surface area contributed by atoms with Gasteiger partial charge in [-0.1, -0.05) is 18.0 Å². The van der Waals surface area contributed by atoms with Crippen LogP contribution in [0.2, 0.25) is 0 Å². The lowest BCUT2D eigenvalue weighted by molar-refractivity contribution is 0.252. The molecule has 19 heavy (non-hydrogen) atoms. The zero-order valence-electron chi connectivity index (χ0n) is 11.3. The van der Waals surface area contributed by atoms with Crippen LogP contribution in [0.4, 0.5) is 0 Å². The lowest BCUT2D eigenvalue weighted by atomic mass is 10.1. The molecule has 1 aromatic rings. The molecule has 1 saturated heterocycles. The first-order valence-electron chi connectivity index (χ1n) is 7.31. The fraction of sp³-hybridized carbons (Fsp3) is 0.714. The van der Waals surface area contributed by atoms with Crippen LogP contribution >= 0.6 is 0 Å². The maximum Gasteiger partial charge on any atom is 0.0764 e. The van der Waals surface area contributed by atoms with E-state index in [9.17, 15) is 0 Å². The first-order valence-corrected chi connectivity index (χ1v) is 7.31. The molecule has 5 nitrogen and oxygen atoms in total. The van der Waals surface area contributed by atoms with E-state index in [0.717, 1.165) is 43.9 Å². The predicted octanol–water partition coefficient (Wildman–Crippen LogP) is 2.42. The number of oxime groups is 1. The minimum Gasteiger partial charge on any atom is -0.411 e. The third-order valence-corrected chi connectivity index (χ3v) is 4.32. The molecule has 0 bridgehead atoms. The summed E-state index contributed by atoms with van der Waals surface area (Å²) >= 11 is 0. The van der Waals surface area contributed by atoms with E-state index in [1.165, 1.54) is 25.7 Å². The van der Waals surface area contributed by atoms with E-state index < -0.39 is 0 Å². The van der Waals surface area contributed by atoms with Crippen molar-refractivity contribution in [3.63, 3.8) is 0 Å². The van der Waals surface area contributed by atoms with Crippen molar-refractivity contribution < 1.29 is 5.21 Å². The molecule has 2 fully saturated rings. The Morgan fingerprint density at radius 1 is 1.26 bits per heavy atom. The number of aromatic nitrogens is 2. The average Bonchev–Trinajstić information content (AvgIpc) is 3.10. The molecule has 3 rings (SSSR count). The quantitative estimate of drug-likeness (QED) is 0.672. The van der Waals surface area contributed by atoms with Crippen LogP contribution in [0.1, 0.15) is 50.3 Å². The molecular weight excluding hydrogens is 240 g/mol. The summed E-state index contributed by atoms with van der Waals surface area (Å²) in [5.41, 5.74) is 2.09. The minimum atomic E-state index is 0.628. The molecule has 1 N–H and O–H groups in total. The lowest BCUT2D eigenvalue weighted by Gasteiger charge is -2.26. The normalized spacial score (nSPS) is 22.0. The molecule has 0 atom stereocenters. The fourth-order valence-corrected chi connectivity index (χ4v) is 3.13. The number of likely N-dealkylation sites (tertiary alicyclic amines) is 1. The molecule has 0 amide bonds. The van der Waals surface area contributed by atoms with Crippen molar-refractivity contribution >= 4 is 5.71 Å². The zero-order valence-corrected chi connectivity index (χ0v) is 11.3. The van der Waals surface area contributed by atoms with Crippen molar-refractivity contribution in [3.8, 4) is 0 Å². The summed E-state index contributed by atoms with van der Waals surface area (Å²) in [5.74, 6) is 0. The second kappa shape index (κ2) is 5.74. The topological polar surface area (TPSA) is 53.7 Å². The van der Waals surface area contributed by atoms with Crippen molar-refractivity contribution in [2.75, 3.05) is 13.1 Å². The first kappa shape index (κ1) is 12.7. The van der Waals surface area contributed by atoms with Gasteiger partial charge in [0.15, 0.2) is 0 Å². The molecule has 0 unspecified atom stereocenters. The predicted molar refractivity (Wildman–Crippen MR) is 73.5 cm³/mol. The Balaban J connectivity index is 1.55. The highest BCUT2D eigenvalue weighted by Gasteiger charge is 2.19. The van der Waals surface area contributed by atoms with Crippen molar-refractivity contribution in [1.29, 1.82) is 0 Å². The van der Waals surface area contributed by atoms with Gasteiger partial charge in [0.25, 0.3) is 0 Å². The summed E-state index contributed by atoms with van der Waals surface area (Å²) in [6, 6.07) is 2.77. The van der Waals surface area contributed by atoms with Gasteiger partial charge in [0.05, 0.1) is 17.4 Å². The molecule has 1 aliphatic heterocycles. The highest BCUT2D eigenvalue weighted by molar-refractivity contribution is 5.84. The summed E-state index contributed by atoms with van der Waals surface area (Å²) in [4.78, 5) is 2.38. The highest BCUT2D eigenvalue weighted by atomic mass is 16.4. The zero-order chi connectivity index (χ0) is 13.1. The van der Waals surface area contributed by atoms with Crippen LogP contribution in [-0.4, -0.2) is 38.7 Å². The lowest BCUT2D eigenvalue weighted by Crippen LogP contribution is -2.33. The maximum atomic E-state index is 8.75. The van der Waals surface area contributed by atoms with Gasteiger partial charge in [0, 0.05) is 38.7 Å². The van der Waals surface area contributed by atoms with Crippen LogP contribution in [0.25, 0.3) is 0 Å². The fourth-order valence-electron chi connectivity index (χ4n) is 3.13. The van der Waals surface area contributed by atoms with Gasteiger partial charge in [0.1, 0.15) is 0 Å². The second-order valence-corrected chi connectivity index (χ2v) is 5.67. The minimum absolute atomic E-state index is 0.628. The Bertz CT molecular complexity index is 438. The van der Waals surface area contributed by atoms with Gasteiger partial charge in [0.2, 0.25) is 0 Å². The number of hydrogen-bond acceptors (Lipinski definition) is 4. The van der Waals surface area contributed by atoms with Crippen LogP contribution in [0.3, 0.4) is 0 Å². The molecule has 104 valence electrons. The molecule has 1 aromatic heterocycles. The Hall–Kier alpha value is -1.36. The Morgan fingerprint density at radius 3 is 2.68 bits per heavy atom. The summed E-state index contributed by atoms with van der Waals surface area (Å²) in [5, 5.41) is 16.8. The van der Waals surface area contributed by atoms with E-state index >= 15 is 0 Å². The molecule has 2 heterocycles. The monoisotopic (exact) mass is 262 g/mol. The van der Waals surface area contributed by atoms with E-state index in [-0.39, 0.29) is 0 Å². The van der Waals surface area contributed by atoms with Crippen LogP contribution in [-0.2, 0) is 6.54 Å². The van der Waals surface area contributed by atoms with Crippen LogP contribution in [0.5, 0.6) is 0 Å². The van der Waals surface area contributed by atoms with Crippen molar-refractivity contribution in [2.45, 2.75) is 51.1 Å². The smallest absolute Gasteiger partial charge is 0.0764 e. The highest BCUT2D eigenvalue weighted by Crippen LogP contribution is 2.28. The van der Waals surface area contributed by atoms with Crippen LogP contribution in [0, 0.1) is 0 Å². The molecule has 0 radical (unpaired) electrons. The van der Waals surface area contributed by atoms with Crippen molar-refractivity contribution in [2.24, 2.45) is 5.16 Å². The van der Waals surface area contributed by atoms with E-state index in [1.807, 2.05) is 0 Å². The van der Waals surface area contributed by atoms with Gasteiger partial charge in [-0.3, -0.25) is 9.58 Å². The molecule has 1 aliphatic carbocycles. The SMILES string of the molecule is ON=C1CCN(Cc2ccn(C3CCCC3)n2)CC1. The van der Waals surface area contributed by atoms with Gasteiger partial charge in [-0.15, -0.1) is 0 Å². The summed E-state index contributed by atoms with van der Waals surface area (Å²) < 4.78 is 2.16. The van der Waals surface area contributed by atoms with Gasteiger partial charge in [-0.25, -0.2) is 0 Å². The summed E-state index contributed by atoms with van der Waals surface area (Å²) in [6.45, 7) is 2.85. The third kappa shape index (κ3) is 2.97. The van der Waals surface area contributed by atoms with Gasteiger partial charge >= 0.3 is 0 Å². The number of piperidine rings is 1. The third-order valence-electron chi connectivity index (χ3n) is 4.32. The summed E-state index contributed by atoms with van der Waals surface area (Å²) in [6.07, 6.45) is 9.13. The Kier molecular flexibility index (Phi) is 3.82. The first-order chi connectivity index (χ1) is 9.35. The van der Waals surface area contributed by atoms with E-state index in [4.69, 9.17) is 10.3 Å². The molecular formula is C14H22N4O. The van der Waals surface area contributed by atoms with Crippen molar-refractivity contribution in [3.05, 3.63) is 18.0 Å².